The van der Waals surface area contributed by atoms with Crippen molar-refractivity contribution >= 4 is 17.3 Å². The van der Waals surface area contributed by atoms with Gasteiger partial charge in [-0.3, -0.25) is 0 Å². The average molecular weight is 217 g/mol. The van der Waals surface area contributed by atoms with Crippen LogP contribution in [0, 0.1) is 0 Å². The van der Waals surface area contributed by atoms with Crippen molar-refractivity contribution in [3.63, 3.8) is 0 Å². The predicted octanol–water partition coefficient (Wildman–Crippen LogP) is 1.20. The van der Waals surface area contributed by atoms with Crippen molar-refractivity contribution in [1.82, 2.24) is 15.5 Å². The van der Waals surface area contributed by atoms with Gasteiger partial charge in [-0.1, -0.05) is 13.3 Å². The van der Waals surface area contributed by atoms with Gasteiger partial charge in [0.15, 0.2) is 5.11 Å². The first-order valence-electron chi connectivity index (χ1n) is 5.26. The van der Waals surface area contributed by atoms with E-state index in [4.69, 9.17) is 12.2 Å². The maximum Gasteiger partial charge on any atom is 0.166 e. The Morgan fingerprint density at radius 3 is 2.50 bits per heavy atom. The van der Waals surface area contributed by atoms with Crippen molar-refractivity contribution in [2.45, 2.75) is 32.7 Å². The SMILES string of the molecule is CCCCNC(=S)NCC(C)N(C)C. The summed E-state index contributed by atoms with van der Waals surface area (Å²) in [6.07, 6.45) is 2.37. The normalized spacial score (nSPS) is 12.6. The second kappa shape index (κ2) is 8.00. The fourth-order valence-electron chi connectivity index (χ4n) is 0.864. The summed E-state index contributed by atoms with van der Waals surface area (Å²) >= 11 is 5.13. The molecule has 0 aromatic rings. The second-order valence-corrected chi connectivity index (χ2v) is 4.21. The van der Waals surface area contributed by atoms with E-state index in [-0.39, 0.29) is 0 Å². The van der Waals surface area contributed by atoms with Gasteiger partial charge in [-0.15, -0.1) is 0 Å². The summed E-state index contributed by atoms with van der Waals surface area (Å²) in [5, 5.41) is 7.15. The molecule has 0 saturated heterocycles. The number of hydrogen-bond donors (Lipinski definition) is 2. The first kappa shape index (κ1) is 13.7. The maximum atomic E-state index is 5.13. The number of thiocarbonyl (C=S) groups is 1. The third kappa shape index (κ3) is 7.09. The van der Waals surface area contributed by atoms with Gasteiger partial charge in [-0.2, -0.15) is 0 Å². The van der Waals surface area contributed by atoms with Crippen LogP contribution in [0.25, 0.3) is 0 Å². The minimum atomic E-state index is 0.501. The molecule has 0 aliphatic heterocycles. The van der Waals surface area contributed by atoms with E-state index < -0.39 is 0 Å². The lowest BCUT2D eigenvalue weighted by Gasteiger charge is -2.21. The molecule has 0 spiro atoms. The van der Waals surface area contributed by atoms with Crippen LogP contribution in [-0.4, -0.2) is 43.2 Å². The van der Waals surface area contributed by atoms with Gasteiger partial charge in [0.25, 0.3) is 0 Å². The lowest BCUT2D eigenvalue weighted by atomic mass is 10.3. The van der Waals surface area contributed by atoms with Crippen molar-refractivity contribution in [3.05, 3.63) is 0 Å². The predicted molar refractivity (Wildman–Crippen MR) is 66.7 cm³/mol. The third-order valence-electron chi connectivity index (χ3n) is 2.26. The van der Waals surface area contributed by atoms with Crippen LogP contribution in [0.3, 0.4) is 0 Å². The molecule has 2 N–H and O–H groups in total. The van der Waals surface area contributed by atoms with Gasteiger partial charge in [0.2, 0.25) is 0 Å². The van der Waals surface area contributed by atoms with Crippen molar-refractivity contribution in [2.24, 2.45) is 0 Å². The zero-order valence-electron chi connectivity index (χ0n) is 9.76. The van der Waals surface area contributed by atoms with Gasteiger partial charge in [0.1, 0.15) is 0 Å². The first-order valence-corrected chi connectivity index (χ1v) is 5.66. The summed E-state index contributed by atoms with van der Waals surface area (Å²) in [7, 11) is 4.14. The highest BCUT2D eigenvalue weighted by molar-refractivity contribution is 7.80. The molecule has 1 unspecified atom stereocenters. The molecule has 0 aromatic carbocycles. The molecule has 14 heavy (non-hydrogen) atoms. The Morgan fingerprint density at radius 2 is 2.00 bits per heavy atom. The number of rotatable bonds is 6. The van der Waals surface area contributed by atoms with Crippen LogP contribution < -0.4 is 10.6 Å². The zero-order chi connectivity index (χ0) is 11.0. The summed E-state index contributed by atoms with van der Waals surface area (Å²) in [6.45, 7) is 6.21. The summed E-state index contributed by atoms with van der Waals surface area (Å²) in [6, 6.07) is 0.501. The molecule has 0 amide bonds. The van der Waals surface area contributed by atoms with Crippen LogP contribution in [0.1, 0.15) is 26.7 Å². The molecule has 0 aliphatic rings. The first-order chi connectivity index (χ1) is 6.57. The third-order valence-corrected chi connectivity index (χ3v) is 2.54. The van der Waals surface area contributed by atoms with E-state index in [0.29, 0.717) is 6.04 Å². The van der Waals surface area contributed by atoms with E-state index in [1.165, 1.54) is 12.8 Å². The van der Waals surface area contributed by atoms with Gasteiger partial charge in [-0.05, 0) is 39.7 Å². The van der Waals surface area contributed by atoms with Gasteiger partial charge >= 0.3 is 0 Å². The maximum absolute atomic E-state index is 5.13. The van der Waals surface area contributed by atoms with Gasteiger partial charge in [-0.25, -0.2) is 0 Å². The molecule has 1 atom stereocenters. The topological polar surface area (TPSA) is 27.3 Å². The highest BCUT2D eigenvalue weighted by atomic mass is 32.1. The van der Waals surface area contributed by atoms with E-state index >= 15 is 0 Å². The van der Waals surface area contributed by atoms with Crippen molar-refractivity contribution in [3.8, 4) is 0 Å². The zero-order valence-corrected chi connectivity index (χ0v) is 10.6. The van der Waals surface area contributed by atoms with E-state index in [2.05, 4.69) is 43.5 Å². The molecule has 0 rings (SSSR count). The molecule has 4 heteroatoms. The molecule has 0 saturated carbocycles. The fourth-order valence-corrected chi connectivity index (χ4v) is 1.05. The molecular formula is C10H23N3S. The van der Waals surface area contributed by atoms with Crippen molar-refractivity contribution in [2.75, 3.05) is 27.2 Å². The Bertz CT molecular complexity index is 159. The van der Waals surface area contributed by atoms with E-state index in [1.807, 2.05) is 0 Å². The summed E-state index contributed by atoms with van der Waals surface area (Å²) in [4.78, 5) is 2.17. The highest BCUT2D eigenvalue weighted by Gasteiger charge is 2.03. The van der Waals surface area contributed by atoms with Gasteiger partial charge in [0, 0.05) is 19.1 Å². The molecule has 3 nitrogen and oxygen atoms in total. The van der Waals surface area contributed by atoms with Crippen LogP contribution in [0.15, 0.2) is 0 Å². The second-order valence-electron chi connectivity index (χ2n) is 3.80. The number of nitrogens with one attached hydrogen (secondary N) is 2. The monoisotopic (exact) mass is 217 g/mol. The van der Waals surface area contributed by atoms with Crippen molar-refractivity contribution < 1.29 is 0 Å². The lowest BCUT2D eigenvalue weighted by Crippen LogP contribution is -2.42. The van der Waals surface area contributed by atoms with Gasteiger partial charge < -0.3 is 15.5 Å². The molecule has 0 radical (unpaired) electrons. The minimum Gasteiger partial charge on any atom is -0.363 e. The highest BCUT2D eigenvalue weighted by Crippen LogP contribution is 1.88. The van der Waals surface area contributed by atoms with Crippen LogP contribution in [0.5, 0.6) is 0 Å². The van der Waals surface area contributed by atoms with Crippen LogP contribution in [0.4, 0.5) is 0 Å². The van der Waals surface area contributed by atoms with E-state index in [9.17, 15) is 0 Å². The molecular weight excluding hydrogens is 194 g/mol. The van der Waals surface area contributed by atoms with E-state index in [1.54, 1.807) is 0 Å². The van der Waals surface area contributed by atoms with Gasteiger partial charge in [0.05, 0.1) is 0 Å². The standard InChI is InChI=1S/C10H23N3S/c1-5-6-7-11-10(14)12-8-9(2)13(3)4/h9H,5-8H2,1-4H3,(H2,11,12,14). The number of nitrogens with zero attached hydrogens (tertiary/aromatic N) is 1. The van der Waals surface area contributed by atoms with Crippen LogP contribution in [-0.2, 0) is 0 Å². The Labute approximate surface area is 93.2 Å². The summed E-state index contributed by atoms with van der Waals surface area (Å²) < 4.78 is 0. The number of likely N-dealkylation sites (N-methyl/N-ethyl adjacent to an activating group) is 1. The quantitative estimate of drug-likeness (QED) is 0.516. The smallest absolute Gasteiger partial charge is 0.166 e. The van der Waals surface area contributed by atoms with Crippen molar-refractivity contribution in [1.29, 1.82) is 0 Å². The molecule has 84 valence electrons. The largest absolute Gasteiger partial charge is 0.363 e. The Kier molecular flexibility index (Phi) is 7.80. The number of hydrogen-bond acceptors (Lipinski definition) is 2. The summed E-state index contributed by atoms with van der Waals surface area (Å²) in [5.41, 5.74) is 0. The Balaban J connectivity index is 3.44. The van der Waals surface area contributed by atoms with Crippen LogP contribution >= 0.6 is 12.2 Å². The average Bonchev–Trinajstić information content (AvgIpc) is 2.14. The van der Waals surface area contributed by atoms with Crippen LogP contribution in [0.2, 0.25) is 0 Å². The summed E-state index contributed by atoms with van der Waals surface area (Å²) in [5.74, 6) is 0. The fraction of sp³-hybridized carbons (Fsp3) is 0.900. The molecule has 0 aromatic heterocycles. The molecule has 0 aliphatic carbocycles. The Morgan fingerprint density at radius 1 is 1.36 bits per heavy atom. The Hall–Kier alpha value is -0.350. The molecule has 0 fully saturated rings. The minimum absolute atomic E-state index is 0.501. The number of unbranched alkanes of at least 4 members (excludes halogenated alkanes) is 1. The van der Waals surface area contributed by atoms with E-state index in [0.717, 1.165) is 18.2 Å². The molecule has 0 heterocycles. The lowest BCUT2D eigenvalue weighted by molar-refractivity contribution is 0.313. The molecule has 0 bridgehead atoms.